The summed E-state index contributed by atoms with van der Waals surface area (Å²) in [7, 11) is 0. The van der Waals surface area contributed by atoms with Crippen LogP contribution in [0.3, 0.4) is 0 Å². The highest BCUT2D eigenvalue weighted by molar-refractivity contribution is 5.73. The molecule has 3 aromatic carbocycles. The first-order chi connectivity index (χ1) is 11.5. The van der Waals surface area contributed by atoms with E-state index in [9.17, 15) is 0 Å². The maximum Gasteiger partial charge on any atom is 0.0340 e. The molecule has 120 valence electrons. The van der Waals surface area contributed by atoms with E-state index in [4.69, 9.17) is 0 Å². The van der Waals surface area contributed by atoms with Crippen LogP contribution in [0.25, 0.3) is 5.57 Å². The molecule has 0 saturated heterocycles. The third-order valence-corrected chi connectivity index (χ3v) is 4.59. The zero-order valence-corrected chi connectivity index (χ0v) is 14.7. The number of hydrogen-bond donors (Lipinski definition) is 0. The Morgan fingerprint density at radius 2 is 0.917 bits per heavy atom. The van der Waals surface area contributed by atoms with E-state index in [1.807, 2.05) is 0 Å². The Hall–Kier alpha value is -2.60. The minimum absolute atomic E-state index is 0.175. The van der Waals surface area contributed by atoms with E-state index >= 15 is 0 Å². The summed E-state index contributed by atoms with van der Waals surface area (Å²) < 4.78 is 0. The van der Waals surface area contributed by atoms with Crippen molar-refractivity contribution in [2.24, 2.45) is 0 Å². The number of benzene rings is 3. The summed E-state index contributed by atoms with van der Waals surface area (Å²) in [6.45, 7) is 10.8. The van der Waals surface area contributed by atoms with Crippen LogP contribution in [-0.2, 0) is 0 Å². The van der Waals surface area contributed by atoms with Crippen LogP contribution in [0.5, 0.6) is 0 Å². The Labute approximate surface area is 145 Å². The number of aryl methyl sites for hydroxylation is 3. The van der Waals surface area contributed by atoms with Gasteiger partial charge in [-0.2, -0.15) is 0 Å². The maximum absolute atomic E-state index is 4.45. The van der Waals surface area contributed by atoms with Crippen molar-refractivity contribution >= 4 is 5.57 Å². The van der Waals surface area contributed by atoms with Gasteiger partial charge in [-0.1, -0.05) is 96.1 Å². The molecule has 0 bridgehead atoms. The van der Waals surface area contributed by atoms with Crippen LogP contribution >= 0.6 is 0 Å². The van der Waals surface area contributed by atoms with Crippen LogP contribution in [0.4, 0.5) is 0 Å². The third kappa shape index (κ3) is 3.49. The molecule has 0 fully saturated rings. The number of rotatable bonds is 4. The summed E-state index contributed by atoms with van der Waals surface area (Å²) in [4.78, 5) is 0. The molecular weight excluding hydrogens is 288 g/mol. The topological polar surface area (TPSA) is 0 Å². The predicted octanol–water partition coefficient (Wildman–Crippen LogP) is 6.46. The molecular formula is C24H24. The molecule has 0 spiro atoms. The molecule has 0 unspecified atom stereocenters. The first kappa shape index (κ1) is 16.3. The van der Waals surface area contributed by atoms with Crippen LogP contribution < -0.4 is 0 Å². The number of allylic oxidation sites excluding steroid dienone is 1. The summed E-state index contributed by atoms with van der Waals surface area (Å²) in [6, 6.07) is 26.3. The molecule has 0 saturated carbocycles. The maximum atomic E-state index is 4.45. The normalized spacial score (nSPS) is 10.8. The fraction of sp³-hybridized carbons (Fsp3) is 0.167. The Balaban J connectivity index is 2.07. The first-order valence-corrected chi connectivity index (χ1v) is 8.43. The van der Waals surface area contributed by atoms with Crippen LogP contribution in [0, 0.1) is 20.8 Å². The summed E-state index contributed by atoms with van der Waals surface area (Å²) in [5, 5.41) is 0. The second kappa shape index (κ2) is 6.88. The molecule has 0 aliphatic carbocycles. The monoisotopic (exact) mass is 312 g/mol. The highest BCUT2D eigenvalue weighted by Crippen LogP contribution is 2.37. The molecule has 0 heterocycles. The van der Waals surface area contributed by atoms with Gasteiger partial charge in [0.1, 0.15) is 0 Å². The van der Waals surface area contributed by atoms with E-state index in [-0.39, 0.29) is 5.92 Å². The standard InChI is InChI=1S/C24H24/c1-17-5-11-21(12-6-17)20(4)24(22-13-7-18(2)8-14-22)23-15-9-19(3)10-16-23/h5-16,24H,4H2,1-3H3. The van der Waals surface area contributed by atoms with Crippen molar-refractivity contribution in [3.05, 3.63) is 113 Å². The number of hydrogen-bond acceptors (Lipinski definition) is 0. The van der Waals surface area contributed by atoms with Gasteiger partial charge in [-0.3, -0.25) is 0 Å². The summed E-state index contributed by atoms with van der Waals surface area (Å²) in [5.41, 5.74) is 8.75. The van der Waals surface area contributed by atoms with Crippen molar-refractivity contribution in [3.8, 4) is 0 Å². The molecule has 0 radical (unpaired) electrons. The second-order valence-electron chi connectivity index (χ2n) is 6.65. The van der Waals surface area contributed by atoms with Gasteiger partial charge in [0, 0.05) is 5.92 Å². The van der Waals surface area contributed by atoms with Gasteiger partial charge < -0.3 is 0 Å². The largest absolute Gasteiger partial charge is 0.0943 e. The molecule has 0 N–H and O–H groups in total. The molecule has 0 amide bonds. The fourth-order valence-corrected chi connectivity index (χ4v) is 3.05. The van der Waals surface area contributed by atoms with E-state index in [0.29, 0.717) is 0 Å². The lowest BCUT2D eigenvalue weighted by Crippen LogP contribution is -2.04. The lowest BCUT2D eigenvalue weighted by molar-refractivity contribution is 1.04. The highest BCUT2D eigenvalue weighted by Gasteiger charge is 2.18. The molecule has 0 heteroatoms. The minimum atomic E-state index is 0.175. The lowest BCUT2D eigenvalue weighted by Gasteiger charge is -2.22. The van der Waals surface area contributed by atoms with Crippen molar-refractivity contribution in [2.75, 3.05) is 0 Å². The summed E-state index contributed by atoms with van der Waals surface area (Å²) in [6.07, 6.45) is 0. The smallest absolute Gasteiger partial charge is 0.0340 e. The second-order valence-corrected chi connectivity index (χ2v) is 6.65. The SMILES string of the molecule is C=C(c1ccc(C)cc1)C(c1ccc(C)cc1)c1ccc(C)cc1. The molecule has 3 aromatic rings. The van der Waals surface area contributed by atoms with Crippen LogP contribution in [0.2, 0.25) is 0 Å². The van der Waals surface area contributed by atoms with E-state index in [1.165, 1.54) is 33.4 Å². The van der Waals surface area contributed by atoms with Crippen molar-refractivity contribution in [1.29, 1.82) is 0 Å². The zero-order chi connectivity index (χ0) is 17.1. The van der Waals surface area contributed by atoms with Gasteiger partial charge in [-0.25, -0.2) is 0 Å². The van der Waals surface area contributed by atoms with E-state index in [1.54, 1.807) is 0 Å². The zero-order valence-electron chi connectivity index (χ0n) is 14.7. The lowest BCUT2D eigenvalue weighted by atomic mass is 9.82. The average Bonchev–Trinajstić information content (AvgIpc) is 2.59. The Bertz CT molecular complexity index is 773. The third-order valence-electron chi connectivity index (χ3n) is 4.59. The first-order valence-electron chi connectivity index (χ1n) is 8.43. The minimum Gasteiger partial charge on any atom is -0.0943 e. The van der Waals surface area contributed by atoms with Crippen LogP contribution in [0.1, 0.15) is 39.3 Å². The quantitative estimate of drug-likeness (QED) is 0.519. The Morgan fingerprint density at radius 1 is 0.583 bits per heavy atom. The summed E-state index contributed by atoms with van der Waals surface area (Å²) in [5.74, 6) is 0.175. The van der Waals surface area contributed by atoms with Crippen LogP contribution in [-0.4, -0.2) is 0 Å². The van der Waals surface area contributed by atoms with Gasteiger partial charge >= 0.3 is 0 Å². The van der Waals surface area contributed by atoms with Crippen molar-refractivity contribution in [1.82, 2.24) is 0 Å². The molecule has 24 heavy (non-hydrogen) atoms. The van der Waals surface area contributed by atoms with Crippen molar-refractivity contribution < 1.29 is 0 Å². The molecule has 0 nitrogen and oxygen atoms in total. The average molecular weight is 312 g/mol. The molecule has 3 rings (SSSR count). The fourth-order valence-electron chi connectivity index (χ4n) is 3.05. The molecule has 0 aliphatic rings. The van der Waals surface area contributed by atoms with E-state index in [2.05, 4.69) is 100 Å². The van der Waals surface area contributed by atoms with Gasteiger partial charge in [-0.05, 0) is 43.0 Å². The van der Waals surface area contributed by atoms with Gasteiger partial charge in [0.2, 0.25) is 0 Å². The van der Waals surface area contributed by atoms with Gasteiger partial charge in [0.15, 0.2) is 0 Å². The summed E-state index contributed by atoms with van der Waals surface area (Å²) >= 11 is 0. The Kier molecular flexibility index (Phi) is 4.66. The van der Waals surface area contributed by atoms with Gasteiger partial charge in [0.25, 0.3) is 0 Å². The highest BCUT2D eigenvalue weighted by atomic mass is 14.2. The van der Waals surface area contributed by atoms with E-state index in [0.717, 1.165) is 5.57 Å². The Morgan fingerprint density at radius 3 is 1.29 bits per heavy atom. The van der Waals surface area contributed by atoms with Gasteiger partial charge in [-0.15, -0.1) is 0 Å². The molecule has 0 aliphatic heterocycles. The van der Waals surface area contributed by atoms with Gasteiger partial charge in [0.05, 0.1) is 0 Å². The molecule has 0 atom stereocenters. The van der Waals surface area contributed by atoms with Crippen molar-refractivity contribution in [2.45, 2.75) is 26.7 Å². The predicted molar refractivity (Wildman–Crippen MR) is 104 cm³/mol. The van der Waals surface area contributed by atoms with Crippen LogP contribution in [0.15, 0.2) is 79.4 Å². The molecule has 0 aromatic heterocycles. The van der Waals surface area contributed by atoms with Crippen molar-refractivity contribution in [3.63, 3.8) is 0 Å². The van der Waals surface area contributed by atoms with E-state index < -0.39 is 0 Å².